The fourth-order valence-corrected chi connectivity index (χ4v) is 5.17. The number of hydrogen-bond donors (Lipinski definition) is 0. The number of amides is 1. The molecule has 0 radical (unpaired) electrons. The third-order valence-corrected chi connectivity index (χ3v) is 6.75. The van der Waals surface area contributed by atoms with Gasteiger partial charge in [-0.3, -0.25) is 4.79 Å². The molecule has 0 unspecified atom stereocenters. The van der Waals surface area contributed by atoms with Gasteiger partial charge in [0.15, 0.2) is 0 Å². The Labute approximate surface area is 184 Å². The van der Waals surface area contributed by atoms with E-state index in [0.29, 0.717) is 36.3 Å². The van der Waals surface area contributed by atoms with Crippen molar-refractivity contribution in [3.05, 3.63) is 72.4 Å². The predicted octanol–water partition coefficient (Wildman–Crippen LogP) is 2.91. The summed E-state index contributed by atoms with van der Waals surface area (Å²) < 4.78 is 7.33. The third kappa shape index (κ3) is 3.00. The SMILES string of the molecule is O=C(c1cccc(-n2cnnn2)c1)N1C[C@H]2CCC[C@@]2(c2nc(-c3ccccc3)no2)C1. The standard InChI is InChI=1S/C23H21N7O2/c31-21(17-8-4-10-19(12-17)30-15-24-27-28-30)29-13-18-9-5-11-23(18,14-29)22-25-20(26-32-22)16-6-2-1-3-7-16/h1-4,6-8,10,12,15,18H,5,9,11,13-14H2/t18-,23-/m1/s1. The van der Waals surface area contributed by atoms with Crippen LogP contribution in [-0.4, -0.2) is 54.2 Å². The van der Waals surface area contributed by atoms with Crippen molar-refractivity contribution in [3.8, 4) is 17.1 Å². The van der Waals surface area contributed by atoms with Crippen molar-refractivity contribution in [2.24, 2.45) is 5.92 Å². The average molecular weight is 427 g/mol. The van der Waals surface area contributed by atoms with Gasteiger partial charge in [0.2, 0.25) is 11.7 Å². The molecule has 2 atom stereocenters. The molecule has 1 aliphatic carbocycles. The summed E-state index contributed by atoms with van der Waals surface area (Å²) in [6.07, 6.45) is 4.61. The molecule has 2 aromatic carbocycles. The highest BCUT2D eigenvalue weighted by Crippen LogP contribution is 2.50. The van der Waals surface area contributed by atoms with Crippen LogP contribution in [0.3, 0.4) is 0 Å². The molecule has 0 bridgehead atoms. The lowest BCUT2D eigenvalue weighted by molar-refractivity contribution is 0.0775. The zero-order valence-corrected chi connectivity index (χ0v) is 17.3. The maximum Gasteiger partial charge on any atom is 0.253 e. The molecule has 4 aromatic rings. The summed E-state index contributed by atoms with van der Waals surface area (Å²) in [6, 6.07) is 17.2. The minimum absolute atomic E-state index is 0.00324. The monoisotopic (exact) mass is 427 g/mol. The van der Waals surface area contributed by atoms with Crippen LogP contribution >= 0.6 is 0 Å². The van der Waals surface area contributed by atoms with Gasteiger partial charge < -0.3 is 9.42 Å². The van der Waals surface area contributed by atoms with E-state index in [4.69, 9.17) is 9.51 Å². The van der Waals surface area contributed by atoms with Gasteiger partial charge in [0, 0.05) is 24.2 Å². The Morgan fingerprint density at radius 2 is 2.03 bits per heavy atom. The highest BCUT2D eigenvalue weighted by atomic mass is 16.5. The van der Waals surface area contributed by atoms with Crippen LogP contribution < -0.4 is 0 Å². The van der Waals surface area contributed by atoms with E-state index in [0.717, 1.165) is 30.5 Å². The number of aromatic nitrogens is 6. The number of hydrogen-bond acceptors (Lipinski definition) is 7. The van der Waals surface area contributed by atoms with E-state index in [-0.39, 0.29) is 11.3 Å². The van der Waals surface area contributed by atoms with Gasteiger partial charge in [0.25, 0.3) is 5.91 Å². The molecule has 1 aliphatic heterocycles. The number of likely N-dealkylation sites (tertiary alicyclic amines) is 1. The zero-order valence-electron chi connectivity index (χ0n) is 17.3. The summed E-state index contributed by atoms with van der Waals surface area (Å²) in [5, 5.41) is 15.5. The minimum atomic E-state index is -0.275. The van der Waals surface area contributed by atoms with E-state index >= 15 is 0 Å². The van der Waals surface area contributed by atoms with Crippen LogP contribution in [0.1, 0.15) is 35.5 Å². The van der Waals surface area contributed by atoms with E-state index in [1.807, 2.05) is 59.5 Å². The summed E-state index contributed by atoms with van der Waals surface area (Å²) in [7, 11) is 0. The summed E-state index contributed by atoms with van der Waals surface area (Å²) in [5.41, 5.74) is 2.02. The molecule has 1 saturated heterocycles. The lowest BCUT2D eigenvalue weighted by Gasteiger charge is -2.24. The highest BCUT2D eigenvalue weighted by molar-refractivity contribution is 5.95. The molecule has 32 heavy (non-hydrogen) atoms. The number of nitrogens with zero attached hydrogens (tertiary/aromatic N) is 7. The maximum atomic E-state index is 13.4. The molecular formula is C23H21N7O2. The number of carbonyl (C=O) groups excluding carboxylic acids is 1. The highest BCUT2D eigenvalue weighted by Gasteiger charge is 2.55. The first kappa shape index (κ1) is 18.9. The lowest BCUT2D eigenvalue weighted by atomic mass is 9.80. The number of fused-ring (bicyclic) bond motifs is 1. The Kier molecular flexibility index (Phi) is 4.34. The normalized spacial score (nSPS) is 22.2. The summed E-state index contributed by atoms with van der Waals surface area (Å²) in [6.45, 7) is 1.28. The largest absolute Gasteiger partial charge is 0.338 e. The molecule has 0 spiro atoms. The Morgan fingerprint density at radius 3 is 2.88 bits per heavy atom. The van der Waals surface area contributed by atoms with Crippen LogP contribution in [0.5, 0.6) is 0 Å². The molecule has 160 valence electrons. The second-order valence-electron chi connectivity index (χ2n) is 8.52. The Hall–Kier alpha value is -3.88. The van der Waals surface area contributed by atoms with Crippen molar-refractivity contribution in [1.82, 2.24) is 35.2 Å². The van der Waals surface area contributed by atoms with Crippen molar-refractivity contribution in [3.63, 3.8) is 0 Å². The fraction of sp³-hybridized carbons (Fsp3) is 0.304. The van der Waals surface area contributed by atoms with Crippen LogP contribution in [0.4, 0.5) is 0 Å². The Balaban J connectivity index is 1.28. The summed E-state index contributed by atoms with van der Waals surface area (Å²) >= 11 is 0. The van der Waals surface area contributed by atoms with E-state index in [9.17, 15) is 4.79 Å². The van der Waals surface area contributed by atoms with Gasteiger partial charge in [0.1, 0.15) is 6.33 Å². The van der Waals surface area contributed by atoms with Gasteiger partial charge in [-0.05, 0) is 47.4 Å². The van der Waals surface area contributed by atoms with Crippen LogP contribution in [0.2, 0.25) is 0 Å². The van der Waals surface area contributed by atoms with Crippen LogP contribution in [0, 0.1) is 5.92 Å². The molecule has 3 heterocycles. The van der Waals surface area contributed by atoms with Crippen molar-refractivity contribution < 1.29 is 9.32 Å². The number of tetrazole rings is 1. The van der Waals surface area contributed by atoms with Gasteiger partial charge in [-0.1, -0.05) is 48.0 Å². The van der Waals surface area contributed by atoms with Gasteiger partial charge in [-0.2, -0.15) is 4.98 Å². The van der Waals surface area contributed by atoms with E-state index in [1.54, 1.807) is 4.68 Å². The van der Waals surface area contributed by atoms with Gasteiger partial charge in [-0.15, -0.1) is 5.10 Å². The molecule has 1 saturated carbocycles. The maximum absolute atomic E-state index is 13.4. The second-order valence-corrected chi connectivity index (χ2v) is 8.52. The Morgan fingerprint density at radius 1 is 1.12 bits per heavy atom. The second kappa shape index (κ2) is 7.37. The van der Waals surface area contributed by atoms with Crippen LogP contribution in [0.25, 0.3) is 17.1 Å². The van der Waals surface area contributed by atoms with Crippen molar-refractivity contribution in [2.45, 2.75) is 24.7 Å². The molecular weight excluding hydrogens is 406 g/mol. The van der Waals surface area contributed by atoms with Crippen LogP contribution in [-0.2, 0) is 5.41 Å². The third-order valence-electron chi connectivity index (χ3n) is 6.75. The van der Waals surface area contributed by atoms with Crippen molar-refractivity contribution in [1.29, 1.82) is 0 Å². The first-order chi connectivity index (χ1) is 15.7. The lowest BCUT2D eigenvalue weighted by Crippen LogP contribution is -2.35. The van der Waals surface area contributed by atoms with Gasteiger partial charge >= 0.3 is 0 Å². The molecule has 2 aliphatic rings. The van der Waals surface area contributed by atoms with Gasteiger partial charge in [-0.25, -0.2) is 4.68 Å². The first-order valence-electron chi connectivity index (χ1n) is 10.8. The van der Waals surface area contributed by atoms with E-state index < -0.39 is 0 Å². The number of carbonyl (C=O) groups is 1. The number of benzene rings is 2. The zero-order chi connectivity index (χ0) is 21.5. The topological polar surface area (TPSA) is 103 Å². The van der Waals surface area contributed by atoms with Crippen LogP contribution in [0.15, 0.2) is 65.4 Å². The van der Waals surface area contributed by atoms with E-state index in [1.165, 1.54) is 6.33 Å². The predicted molar refractivity (Wildman–Crippen MR) is 114 cm³/mol. The summed E-state index contributed by atoms with van der Waals surface area (Å²) in [5.74, 6) is 1.56. The molecule has 9 nitrogen and oxygen atoms in total. The molecule has 1 amide bonds. The smallest absolute Gasteiger partial charge is 0.253 e. The van der Waals surface area contributed by atoms with Crippen molar-refractivity contribution >= 4 is 5.91 Å². The molecule has 6 rings (SSSR count). The quantitative estimate of drug-likeness (QED) is 0.493. The fourth-order valence-electron chi connectivity index (χ4n) is 5.17. The molecule has 2 fully saturated rings. The molecule has 2 aromatic heterocycles. The summed E-state index contributed by atoms with van der Waals surface area (Å²) in [4.78, 5) is 20.1. The first-order valence-corrected chi connectivity index (χ1v) is 10.8. The molecule has 0 N–H and O–H groups in total. The minimum Gasteiger partial charge on any atom is -0.338 e. The van der Waals surface area contributed by atoms with Gasteiger partial charge in [0.05, 0.1) is 11.1 Å². The van der Waals surface area contributed by atoms with Crippen molar-refractivity contribution in [2.75, 3.05) is 13.1 Å². The molecule has 9 heteroatoms. The number of rotatable bonds is 4. The average Bonchev–Trinajstić information content (AvgIpc) is 3.62. The van der Waals surface area contributed by atoms with E-state index in [2.05, 4.69) is 20.7 Å². The Bertz CT molecular complexity index is 1250.